The van der Waals surface area contributed by atoms with Crippen molar-refractivity contribution in [3.05, 3.63) is 75.6 Å². The molecule has 0 amide bonds. The summed E-state index contributed by atoms with van der Waals surface area (Å²) in [6.45, 7) is 0. The molecule has 0 bridgehead atoms. The van der Waals surface area contributed by atoms with E-state index in [-0.39, 0.29) is 21.2 Å². The van der Waals surface area contributed by atoms with Crippen LogP contribution in [0.25, 0.3) is 0 Å². The zero-order valence-electron chi connectivity index (χ0n) is 10.2. The van der Waals surface area contributed by atoms with E-state index < -0.39 is 4.92 Å². The van der Waals surface area contributed by atoms with Crippen molar-refractivity contribution < 1.29 is 9.31 Å². The standard InChI is InChI=1S/C14H10Br2FNO2/c15-13(9-1-5-11(17)6-2-9)14(16)10-3-7-12(8-4-10)18(19)20/h1-8,13-14H. The van der Waals surface area contributed by atoms with Crippen LogP contribution in [0.15, 0.2) is 48.5 Å². The molecule has 2 rings (SSSR count). The predicted octanol–water partition coefficient (Wildman–Crippen LogP) is 5.31. The summed E-state index contributed by atoms with van der Waals surface area (Å²) in [6, 6.07) is 12.5. The Morgan fingerprint density at radius 3 is 1.70 bits per heavy atom. The van der Waals surface area contributed by atoms with Crippen molar-refractivity contribution in [1.82, 2.24) is 0 Å². The van der Waals surface area contributed by atoms with Gasteiger partial charge in [-0.2, -0.15) is 0 Å². The summed E-state index contributed by atoms with van der Waals surface area (Å²) >= 11 is 7.11. The molecule has 0 heterocycles. The Bertz CT molecular complexity index is 602. The molecule has 20 heavy (non-hydrogen) atoms. The van der Waals surface area contributed by atoms with E-state index >= 15 is 0 Å². The summed E-state index contributed by atoms with van der Waals surface area (Å²) in [5, 5.41) is 10.6. The molecule has 2 unspecified atom stereocenters. The van der Waals surface area contributed by atoms with Gasteiger partial charge in [-0.25, -0.2) is 4.39 Å². The second-order valence-electron chi connectivity index (χ2n) is 4.20. The lowest BCUT2D eigenvalue weighted by Crippen LogP contribution is -2.00. The second-order valence-corrected chi connectivity index (χ2v) is 6.18. The van der Waals surface area contributed by atoms with Crippen LogP contribution in [0.4, 0.5) is 10.1 Å². The Labute approximate surface area is 132 Å². The topological polar surface area (TPSA) is 43.1 Å². The zero-order chi connectivity index (χ0) is 14.7. The molecule has 0 aliphatic rings. The lowest BCUT2D eigenvalue weighted by molar-refractivity contribution is -0.384. The summed E-state index contributed by atoms with van der Waals surface area (Å²) in [5.74, 6) is -0.282. The van der Waals surface area contributed by atoms with Crippen LogP contribution in [0.5, 0.6) is 0 Å². The number of alkyl halides is 2. The third-order valence-electron chi connectivity index (χ3n) is 2.87. The lowest BCUT2D eigenvalue weighted by Gasteiger charge is -2.17. The molecule has 2 atom stereocenters. The first-order valence-electron chi connectivity index (χ1n) is 5.77. The molecule has 3 nitrogen and oxygen atoms in total. The summed E-state index contributed by atoms with van der Waals surface area (Å²) in [5.41, 5.74) is 1.88. The highest BCUT2D eigenvalue weighted by molar-refractivity contribution is 9.12. The molecule has 104 valence electrons. The van der Waals surface area contributed by atoms with Gasteiger partial charge in [0, 0.05) is 12.1 Å². The largest absolute Gasteiger partial charge is 0.269 e. The van der Waals surface area contributed by atoms with Gasteiger partial charge in [0.15, 0.2) is 0 Å². The highest BCUT2D eigenvalue weighted by Gasteiger charge is 2.20. The van der Waals surface area contributed by atoms with Crippen molar-refractivity contribution in [2.24, 2.45) is 0 Å². The van der Waals surface area contributed by atoms with Crippen molar-refractivity contribution in [3.8, 4) is 0 Å². The number of hydrogen-bond acceptors (Lipinski definition) is 2. The van der Waals surface area contributed by atoms with Crippen molar-refractivity contribution in [2.75, 3.05) is 0 Å². The Morgan fingerprint density at radius 1 is 0.900 bits per heavy atom. The number of benzene rings is 2. The maximum Gasteiger partial charge on any atom is 0.269 e. The van der Waals surface area contributed by atoms with Crippen LogP contribution in [-0.4, -0.2) is 4.92 Å². The molecular weight excluding hydrogens is 393 g/mol. The number of halogens is 3. The van der Waals surface area contributed by atoms with Gasteiger partial charge in [0.2, 0.25) is 0 Å². The van der Waals surface area contributed by atoms with Crippen LogP contribution in [-0.2, 0) is 0 Å². The number of hydrogen-bond donors (Lipinski definition) is 0. The van der Waals surface area contributed by atoms with E-state index in [0.29, 0.717) is 0 Å². The Balaban J connectivity index is 2.19. The minimum Gasteiger partial charge on any atom is -0.258 e. The van der Waals surface area contributed by atoms with E-state index in [1.165, 1.54) is 24.3 Å². The number of nitrogens with zero attached hydrogens (tertiary/aromatic N) is 1. The van der Waals surface area contributed by atoms with E-state index in [0.717, 1.165) is 11.1 Å². The quantitative estimate of drug-likeness (QED) is 0.395. The summed E-state index contributed by atoms with van der Waals surface area (Å²) in [7, 11) is 0. The first kappa shape index (κ1) is 15.1. The van der Waals surface area contributed by atoms with Gasteiger partial charge in [-0.3, -0.25) is 10.1 Å². The molecule has 0 aliphatic heterocycles. The molecule has 0 saturated carbocycles. The van der Waals surface area contributed by atoms with Crippen LogP contribution in [0.1, 0.15) is 20.8 Å². The van der Waals surface area contributed by atoms with E-state index in [1.54, 1.807) is 24.3 Å². The molecule has 2 aromatic rings. The van der Waals surface area contributed by atoms with Gasteiger partial charge in [-0.1, -0.05) is 56.1 Å². The highest BCUT2D eigenvalue weighted by Crippen LogP contribution is 2.42. The number of nitro benzene ring substituents is 1. The van der Waals surface area contributed by atoms with E-state index in [1.807, 2.05) is 0 Å². The van der Waals surface area contributed by atoms with Gasteiger partial charge < -0.3 is 0 Å². The molecule has 0 N–H and O–H groups in total. The highest BCUT2D eigenvalue weighted by atomic mass is 79.9. The van der Waals surface area contributed by atoms with Gasteiger partial charge >= 0.3 is 0 Å². The van der Waals surface area contributed by atoms with Gasteiger partial charge in [-0.15, -0.1) is 0 Å². The van der Waals surface area contributed by atoms with Gasteiger partial charge in [0.1, 0.15) is 5.82 Å². The van der Waals surface area contributed by atoms with Crippen LogP contribution < -0.4 is 0 Å². The average molecular weight is 403 g/mol. The average Bonchev–Trinajstić information content (AvgIpc) is 2.46. The van der Waals surface area contributed by atoms with Crippen LogP contribution in [0.3, 0.4) is 0 Å². The molecular formula is C14H10Br2FNO2. The third kappa shape index (κ3) is 3.43. The molecule has 0 aliphatic carbocycles. The lowest BCUT2D eigenvalue weighted by atomic mass is 10.0. The Morgan fingerprint density at radius 2 is 1.30 bits per heavy atom. The normalized spacial score (nSPS) is 13.8. The van der Waals surface area contributed by atoms with Crippen molar-refractivity contribution in [2.45, 2.75) is 9.65 Å². The minimum absolute atomic E-state index is 0.0568. The first-order chi connectivity index (χ1) is 9.49. The van der Waals surface area contributed by atoms with E-state index in [9.17, 15) is 14.5 Å². The summed E-state index contributed by atoms with van der Waals surface area (Å²) < 4.78 is 12.9. The summed E-state index contributed by atoms with van der Waals surface area (Å²) in [6.07, 6.45) is 0. The monoisotopic (exact) mass is 401 g/mol. The SMILES string of the molecule is O=[N+]([O-])c1ccc(C(Br)C(Br)c2ccc(F)cc2)cc1. The fraction of sp³-hybridized carbons (Fsp3) is 0.143. The van der Waals surface area contributed by atoms with E-state index in [4.69, 9.17) is 0 Å². The van der Waals surface area contributed by atoms with E-state index in [2.05, 4.69) is 31.9 Å². The van der Waals surface area contributed by atoms with Crippen LogP contribution >= 0.6 is 31.9 Å². The second kappa shape index (κ2) is 6.45. The smallest absolute Gasteiger partial charge is 0.258 e. The molecule has 0 radical (unpaired) electrons. The number of non-ortho nitro benzene ring substituents is 1. The molecule has 0 fully saturated rings. The molecule has 0 aromatic heterocycles. The zero-order valence-corrected chi connectivity index (χ0v) is 13.3. The molecule has 0 spiro atoms. The van der Waals surface area contributed by atoms with Crippen molar-refractivity contribution in [1.29, 1.82) is 0 Å². The number of rotatable bonds is 4. The van der Waals surface area contributed by atoms with Crippen molar-refractivity contribution in [3.63, 3.8) is 0 Å². The van der Waals surface area contributed by atoms with Crippen LogP contribution in [0, 0.1) is 15.9 Å². The van der Waals surface area contributed by atoms with Crippen LogP contribution in [0.2, 0.25) is 0 Å². The van der Waals surface area contributed by atoms with Gasteiger partial charge in [0.05, 0.1) is 14.6 Å². The Kier molecular flexibility index (Phi) is 4.88. The van der Waals surface area contributed by atoms with Gasteiger partial charge in [0.25, 0.3) is 5.69 Å². The predicted molar refractivity (Wildman–Crippen MR) is 82.8 cm³/mol. The number of nitro groups is 1. The van der Waals surface area contributed by atoms with Gasteiger partial charge in [-0.05, 0) is 23.3 Å². The van der Waals surface area contributed by atoms with Crippen molar-refractivity contribution >= 4 is 37.5 Å². The fourth-order valence-electron chi connectivity index (χ4n) is 1.76. The maximum absolute atomic E-state index is 12.9. The third-order valence-corrected chi connectivity index (χ3v) is 5.69. The minimum atomic E-state index is -0.432. The fourth-order valence-corrected chi connectivity index (χ4v) is 2.99. The molecule has 0 saturated heterocycles. The molecule has 6 heteroatoms. The Hall–Kier alpha value is -1.27. The molecule has 2 aromatic carbocycles. The maximum atomic E-state index is 12.9. The first-order valence-corrected chi connectivity index (χ1v) is 7.60. The summed E-state index contributed by atoms with van der Waals surface area (Å²) in [4.78, 5) is 10.0.